The quantitative estimate of drug-likeness (QED) is 0.854. The summed E-state index contributed by atoms with van der Waals surface area (Å²) in [6, 6.07) is -0.171. The number of alkyl halides is 1. The van der Waals surface area contributed by atoms with E-state index in [0.29, 0.717) is 12.1 Å². The molecule has 0 saturated carbocycles. The summed E-state index contributed by atoms with van der Waals surface area (Å²) in [5.74, 6) is 0.253. The average molecular weight is 314 g/mol. The second-order valence-corrected chi connectivity index (χ2v) is 6.15. The summed E-state index contributed by atoms with van der Waals surface area (Å²) >= 11 is 0. The van der Waals surface area contributed by atoms with Gasteiger partial charge in [-0.15, -0.1) is 12.4 Å². The van der Waals surface area contributed by atoms with Crippen LogP contribution >= 0.6 is 12.4 Å². The Balaban J connectivity index is 0.00000180. The van der Waals surface area contributed by atoms with E-state index in [2.05, 4.69) is 15.2 Å². The number of rotatable bonds is 4. The number of sulfonamides is 1. The molecule has 1 saturated heterocycles. The van der Waals surface area contributed by atoms with Crippen molar-refractivity contribution >= 4 is 22.4 Å². The molecule has 19 heavy (non-hydrogen) atoms. The molecule has 0 aliphatic carbocycles. The number of hydrogen-bond donors (Lipinski definition) is 2. The van der Waals surface area contributed by atoms with Crippen molar-refractivity contribution in [2.45, 2.75) is 37.4 Å². The molecule has 0 bridgehead atoms. The molecule has 0 spiro atoms. The van der Waals surface area contributed by atoms with Gasteiger partial charge >= 0.3 is 0 Å². The first-order valence-electron chi connectivity index (χ1n) is 5.70. The van der Waals surface area contributed by atoms with Gasteiger partial charge in [-0.2, -0.15) is 0 Å². The zero-order chi connectivity index (χ0) is 13.3. The van der Waals surface area contributed by atoms with Gasteiger partial charge in [0.05, 0.1) is 0 Å². The minimum atomic E-state index is -3.65. The van der Waals surface area contributed by atoms with Gasteiger partial charge in [0.25, 0.3) is 0 Å². The summed E-state index contributed by atoms with van der Waals surface area (Å²) in [6.45, 7) is 3.54. The number of aromatic nitrogens is 1. The number of nitrogens with zero attached hydrogens (tertiary/aromatic N) is 1. The van der Waals surface area contributed by atoms with Crippen LogP contribution in [0.25, 0.3) is 0 Å². The van der Waals surface area contributed by atoms with Crippen LogP contribution in [0.15, 0.2) is 9.42 Å². The van der Waals surface area contributed by atoms with Gasteiger partial charge in [-0.05, 0) is 20.3 Å². The number of nitrogens with one attached hydrogen (secondary N) is 2. The fourth-order valence-electron chi connectivity index (χ4n) is 2.07. The van der Waals surface area contributed by atoms with E-state index < -0.39 is 16.2 Å². The van der Waals surface area contributed by atoms with Crippen LogP contribution in [0, 0.1) is 13.8 Å². The molecule has 1 aromatic heterocycles. The molecule has 0 radical (unpaired) electrons. The highest BCUT2D eigenvalue weighted by Crippen LogP contribution is 2.18. The lowest BCUT2D eigenvalue weighted by molar-refractivity contribution is 0.355. The Labute approximate surface area is 117 Å². The van der Waals surface area contributed by atoms with E-state index in [9.17, 15) is 12.8 Å². The maximum Gasteiger partial charge on any atom is 0.246 e. The van der Waals surface area contributed by atoms with E-state index >= 15 is 0 Å². The smallest absolute Gasteiger partial charge is 0.246 e. The van der Waals surface area contributed by atoms with Gasteiger partial charge in [-0.1, -0.05) is 5.16 Å². The van der Waals surface area contributed by atoms with Crippen molar-refractivity contribution in [1.82, 2.24) is 15.2 Å². The van der Waals surface area contributed by atoms with Crippen LogP contribution in [-0.2, 0) is 10.0 Å². The Hall–Kier alpha value is -0.700. The molecule has 0 unspecified atom stereocenters. The molecule has 110 valence electrons. The fraction of sp³-hybridized carbons (Fsp3) is 0.700. The topological polar surface area (TPSA) is 84.2 Å². The minimum absolute atomic E-state index is 0. The minimum Gasteiger partial charge on any atom is -0.360 e. The van der Waals surface area contributed by atoms with Crippen molar-refractivity contribution in [2.24, 2.45) is 0 Å². The Bertz CT molecular complexity index is 515. The molecule has 0 amide bonds. The van der Waals surface area contributed by atoms with Gasteiger partial charge in [0.15, 0.2) is 5.76 Å². The van der Waals surface area contributed by atoms with E-state index in [1.807, 2.05) is 0 Å². The highest BCUT2D eigenvalue weighted by Gasteiger charge is 2.28. The largest absolute Gasteiger partial charge is 0.360 e. The molecular formula is C10H17ClFN3O3S. The van der Waals surface area contributed by atoms with Crippen LogP contribution in [0.2, 0.25) is 0 Å². The molecule has 2 N–H and O–H groups in total. The molecule has 1 aliphatic heterocycles. The first kappa shape index (κ1) is 16.4. The second-order valence-electron chi connectivity index (χ2n) is 4.44. The molecule has 9 heteroatoms. The van der Waals surface area contributed by atoms with Gasteiger partial charge in [-0.3, -0.25) is 0 Å². The maximum atomic E-state index is 12.9. The molecule has 1 aromatic rings. The summed E-state index contributed by atoms with van der Waals surface area (Å²) < 4.78 is 44.3. The van der Waals surface area contributed by atoms with Crippen LogP contribution in [-0.4, -0.2) is 38.9 Å². The van der Waals surface area contributed by atoms with Crippen molar-refractivity contribution < 1.29 is 17.3 Å². The Kier molecular flexibility index (Phi) is 5.31. The first-order valence-corrected chi connectivity index (χ1v) is 7.18. The van der Waals surface area contributed by atoms with E-state index in [1.165, 1.54) is 0 Å². The second kappa shape index (κ2) is 6.17. The SMILES string of the molecule is Cc1noc(C)c1S(=O)(=O)NC[C@@H]1C[C@H](F)CN1.Cl. The molecule has 2 heterocycles. The van der Waals surface area contributed by atoms with Gasteiger partial charge in [0, 0.05) is 19.1 Å². The third kappa shape index (κ3) is 3.65. The van der Waals surface area contributed by atoms with Crippen LogP contribution in [0.3, 0.4) is 0 Å². The molecule has 0 aromatic carbocycles. The summed E-state index contributed by atoms with van der Waals surface area (Å²) in [5, 5.41) is 6.52. The number of halogens is 2. The molecule has 6 nitrogen and oxygen atoms in total. The maximum absolute atomic E-state index is 12.9. The lowest BCUT2D eigenvalue weighted by atomic mass is 10.2. The Morgan fingerprint density at radius 1 is 1.53 bits per heavy atom. The molecule has 2 rings (SSSR count). The van der Waals surface area contributed by atoms with Crippen molar-refractivity contribution in [3.63, 3.8) is 0 Å². The van der Waals surface area contributed by atoms with Crippen molar-refractivity contribution in [2.75, 3.05) is 13.1 Å². The first-order chi connectivity index (χ1) is 8.40. The van der Waals surface area contributed by atoms with Crippen LogP contribution in [0.4, 0.5) is 4.39 Å². The molecule has 1 aliphatic rings. The molecule has 1 fully saturated rings. The lowest BCUT2D eigenvalue weighted by Crippen LogP contribution is -2.37. The van der Waals surface area contributed by atoms with E-state index in [-0.39, 0.29) is 42.2 Å². The van der Waals surface area contributed by atoms with Gasteiger partial charge in [-0.25, -0.2) is 17.5 Å². The monoisotopic (exact) mass is 313 g/mol. The van der Waals surface area contributed by atoms with E-state index in [4.69, 9.17) is 4.52 Å². The summed E-state index contributed by atoms with van der Waals surface area (Å²) in [7, 11) is -3.65. The normalized spacial score (nSPS) is 23.3. The molecular weight excluding hydrogens is 297 g/mol. The third-order valence-corrected chi connectivity index (χ3v) is 4.59. The predicted molar refractivity (Wildman–Crippen MR) is 69.7 cm³/mol. The zero-order valence-electron chi connectivity index (χ0n) is 10.6. The Morgan fingerprint density at radius 3 is 2.68 bits per heavy atom. The van der Waals surface area contributed by atoms with Crippen LogP contribution < -0.4 is 10.0 Å². The van der Waals surface area contributed by atoms with Gasteiger partial charge in [0.2, 0.25) is 10.0 Å². The third-order valence-electron chi connectivity index (χ3n) is 2.92. The fourth-order valence-corrected chi connectivity index (χ4v) is 3.47. The molecule has 2 atom stereocenters. The lowest BCUT2D eigenvalue weighted by Gasteiger charge is -2.11. The predicted octanol–water partition coefficient (Wildman–Crippen LogP) is 0.692. The summed E-state index contributed by atoms with van der Waals surface area (Å²) in [4.78, 5) is 0.0669. The highest BCUT2D eigenvalue weighted by molar-refractivity contribution is 7.89. The van der Waals surface area contributed by atoms with Crippen molar-refractivity contribution in [3.8, 4) is 0 Å². The summed E-state index contributed by atoms with van der Waals surface area (Å²) in [6.07, 6.45) is -0.581. The Morgan fingerprint density at radius 2 is 2.21 bits per heavy atom. The van der Waals surface area contributed by atoms with Crippen LogP contribution in [0.1, 0.15) is 17.9 Å². The standard InChI is InChI=1S/C10H16FN3O3S.ClH/c1-6-10(7(2)17-14-6)18(15,16)13-5-9-3-8(11)4-12-9;/h8-9,12-13H,3-5H2,1-2H3;1H/t8-,9-;/m0./s1. The van der Waals surface area contributed by atoms with E-state index in [0.717, 1.165) is 0 Å². The van der Waals surface area contributed by atoms with Gasteiger partial charge in [0.1, 0.15) is 16.8 Å². The van der Waals surface area contributed by atoms with Crippen molar-refractivity contribution in [1.29, 1.82) is 0 Å². The highest BCUT2D eigenvalue weighted by atomic mass is 35.5. The van der Waals surface area contributed by atoms with E-state index in [1.54, 1.807) is 13.8 Å². The average Bonchev–Trinajstić information content (AvgIpc) is 2.83. The van der Waals surface area contributed by atoms with Crippen LogP contribution in [0.5, 0.6) is 0 Å². The van der Waals surface area contributed by atoms with Gasteiger partial charge < -0.3 is 9.84 Å². The number of hydrogen-bond acceptors (Lipinski definition) is 5. The number of aryl methyl sites for hydroxylation is 2. The summed E-state index contributed by atoms with van der Waals surface area (Å²) in [5.41, 5.74) is 0.322. The zero-order valence-corrected chi connectivity index (χ0v) is 12.3. The van der Waals surface area contributed by atoms with Crippen molar-refractivity contribution in [3.05, 3.63) is 11.5 Å².